The Morgan fingerprint density at radius 1 is 1.00 bits per heavy atom. The number of carbonyl (C=O) groups excluding carboxylic acids is 2. The molecule has 1 aromatic carbocycles. The molecule has 0 spiro atoms. The molecule has 0 aliphatic heterocycles. The molecule has 0 atom stereocenters. The van der Waals surface area contributed by atoms with Crippen LogP contribution in [0.3, 0.4) is 0 Å². The predicted molar refractivity (Wildman–Crippen MR) is 122 cm³/mol. The standard InChI is InChI=1S/C23H32N4O2S/c1-14-4-3-5-19(15(14)2)25-22(30)27-26-21(29)13-24-20(28)12-23-9-16-6-17(10-23)8-18(7-16)11-23/h3-5,16-18H,6-13H2,1-2H3,(H,24,28)(H,26,29)(H2,25,27,30). The molecule has 30 heavy (non-hydrogen) atoms. The van der Waals surface area contributed by atoms with E-state index in [0.29, 0.717) is 11.5 Å². The molecule has 2 amide bonds. The van der Waals surface area contributed by atoms with Gasteiger partial charge >= 0.3 is 0 Å². The Bertz CT molecular complexity index is 818. The van der Waals surface area contributed by atoms with E-state index in [1.165, 1.54) is 38.5 Å². The Morgan fingerprint density at radius 3 is 2.27 bits per heavy atom. The minimum Gasteiger partial charge on any atom is -0.347 e. The summed E-state index contributed by atoms with van der Waals surface area (Å²) in [7, 11) is 0. The second kappa shape index (κ2) is 8.53. The molecule has 4 bridgehead atoms. The van der Waals surface area contributed by atoms with Gasteiger partial charge in [0.25, 0.3) is 5.91 Å². The zero-order chi connectivity index (χ0) is 21.3. The fourth-order valence-corrected chi connectivity index (χ4v) is 6.46. The van der Waals surface area contributed by atoms with Crippen LogP contribution in [0.25, 0.3) is 0 Å². The van der Waals surface area contributed by atoms with Crippen molar-refractivity contribution in [1.29, 1.82) is 0 Å². The maximum atomic E-state index is 12.5. The van der Waals surface area contributed by atoms with Crippen molar-refractivity contribution in [3.63, 3.8) is 0 Å². The van der Waals surface area contributed by atoms with Crippen LogP contribution in [0, 0.1) is 37.0 Å². The van der Waals surface area contributed by atoms with Gasteiger partial charge in [0.05, 0.1) is 6.54 Å². The molecule has 4 fully saturated rings. The van der Waals surface area contributed by atoms with E-state index in [0.717, 1.165) is 34.6 Å². The van der Waals surface area contributed by atoms with E-state index in [4.69, 9.17) is 12.2 Å². The number of anilines is 1. The lowest BCUT2D eigenvalue weighted by atomic mass is 9.49. The second-order valence-electron chi connectivity index (χ2n) is 9.75. The maximum Gasteiger partial charge on any atom is 0.257 e. The summed E-state index contributed by atoms with van der Waals surface area (Å²) in [6.07, 6.45) is 8.24. The normalized spacial score (nSPS) is 28.7. The van der Waals surface area contributed by atoms with Gasteiger partial charge in [-0.3, -0.25) is 20.4 Å². The molecule has 0 radical (unpaired) electrons. The molecule has 0 unspecified atom stereocenters. The van der Waals surface area contributed by atoms with Gasteiger partial charge in [-0.25, -0.2) is 0 Å². The lowest BCUT2D eigenvalue weighted by molar-refractivity contribution is -0.132. The van der Waals surface area contributed by atoms with Crippen molar-refractivity contribution in [2.45, 2.75) is 58.8 Å². The highest BCUT2D eigenvalue weighted by Gasteiger charge is 2.51. The minimum absolute atomic E-state index is 0.0109. The lowest BCUT2D eigenvalue weighted by Gasteiger charge is -2.56. The van der Waals surface area contributed by atoms with Gasteiger partial charge in [0.2, 0.25) is 5.91 Å². The maximum absolute atomic E-state index is 12.5. The van der Waals surface area contributed by atoms with Gasteiger partial charge in [0, 0.05) is 12.1 Å². The summed E-state index contributed by atoms with van der Waals surface area (Å²) in [4.78, 5) is 24.6. The van der Waals surface area contributed by atoms with Crippen LogP contribution in [0.5, 0.6) is 0 Å². The summed E-state index contributed by atoms with van der Waals surface area (Å²) in [6, 6.07) is 5.92. The largest absolute Gasteiger partial charge is 0.347 e. The van der Waals surface area contributed by atoms with Crippen molar-refractivity contribution >= 4 is 34.8 Å². The van der Waals surface area contributed by atoms with Crippen LogP contribution in [0.1, 0.15) is 56.1 Å². The summed E-state index contributed by atoms with van der Waals surface area (Å²) in [5, 5.41) is 6.17. The van der Waals surface area contributed by atoms with Crippen LogP contribution in [0.15, 0.2) is 18.2 Å². The molecule has 4 N–H and O–H groups in total. The molecule has 6 nitrogen and oxygen atoms in total. The van der Waals surface area contributed by atoms with E-state index in [1.54, 1.807) is 0 Å². The van der Waals surface area contributed by atoms with Crippen LogP contribution in [-0.2, 0) is 9.59 Å². The number of aryl methyl sites for hydroxylation is 1. The first kappa shape index (κ1) is 21.1. The smallest absolute Gasteiger partial charge is 0.257 e. The van der Waals surface area contributed by atoms with Crippen molar-refractivity contribution in [3.05, 3.63) is 29.3 Å². The number of hydrogen-bond acceptors (Lipinski definition) is 3. The van der Waals surface area contributed by atoms with E-state index < -0.39 is 0 Å². The first-order chi connectivity index (χ1) is 14.3. The van der Waals surface area contributed by atoms with Crippen LogP contribution in [-0.4, -0.2) is 23.5 Å². The molecular formula is C23H32N4O2S. The van der Waals surface area contributed by atoms with E-state index in [2.05, 4.69) is 21.5 Å². The lowest BCUT2D eigenvalue weighted by Crippen LogP contribution is -2.50. The molecule has 4 aliphatic rings. The highest BCUT2D eigenvalue weighted by Crippen LogP contribution is 2.61. The zero-order valence-electron chi connectivity index (χ0n) is 17.8. The molecule has 1 aromatic rings. The molecule has 0 saturated heterocycles. The average molecular weight is 429 g/mol. The Hall–Kier alpha value is -2.15. The van der Waals surface area contributed by atoms with E-state index in [-0.39, 0.29) is 23.8 Å². The highest BCUT2D eigenvalue weighted by atomic mass is 32.1. The first-order valence-corrected chi connectivity index (χ1v) is 11.4. The molecule has 5 rings (SSSR count). The number of amides is 2. The van der Waals surface area contributed by atoms with Crippen molar-refractivity contribution in [2.24, 2.45) is 23.2 Å². The summed E-state index contributed by atoms with van der Waals surface area (Å²) in [5.74, 6) is 2.13. The number of nitrogens with one attached hydrogen (secondary N) is 4. The van der Waals surface area contributed by atoms with Crippen LogP contribution in [0.2, 0.25) is 0 Å². The van der Waals surface area contributed by atoms with Gasteiger partial charge in [-0.05, 0) is 105 Å². The molecule has 4 aliphatic carbocycles. The Morgan fingerprint density at radius 2 is 1.63 bits per heavy atom. The molecule has 0 aromatic heterocycles. The monoisotopic (exact) mass is 428 g/mol. The van der Waals surface area contributed by atoms with Crippen LogP contribution in [0.4, 0.5) is 5.69 Å². The Labute approximate surface area is 183 Å². The number of benzene rings is 1. The predicted octanol–water partition coefficient (Wildman–Crippen LogP) is 3.34. The minimum atomic E-state index is -0.320. The summed E-state index contributed by atoms with van der Waals surface area (Å²) < 4.78 is 0. The average Bonchev–Trinajstić information content (AvgIpc) is 2.67. The Balaban J connectivity index is 1.18. The number of hydrogen-bond donors (Lipinski definition) is 4. The highest BCUT2D eigenvalue weighted by molar-refractivity contribution is 7.80. The van der Waals surface area contributed by atoms with E-state index in [9.17, 15) is 9.59 Å². The van der Waals surface area contributed by atoms with E-state index in [1.807, 2.05) is 32.0 Å². The molecule has 0 heterocycles. The van der Waals surface area contributed by atoms with Crippen molar-refractivity contribution in [3.8, 4) is 0 Å². The summed E-state index contributed by atoms with van der Waals surface area (Å²) in [5.41, 5.74) is 8.58. The second-order valence-corrected chi connectivity index (χ2v) is 10.2. The third-order valence-electron chi connectivity index (χ3n) is 7.32. The van der Waals surface area contributed by atoms with Gasteiger partial charge in [-0.1, -0.05) is 12.1 Å². The third-order valence-corrected chi connectivity index (χ3v) is 7.52. The van der Waals surface area contributed by atoms with Gasteiger partial charge < -0.3 is 10.6 Å². The summed E-state index contributed by atoms with van der Waals surface area (Å²) in [6.45, 7) is 3.99. The van der Waals surface area contributed by atoms with Gasteiger partial charge in [-0.15, -0.1) is 0 Å². The molecular weight excluding hydrogens is 396 g/mol. The molecule has 7 heteroatoms. The Kier molecular flexibility index (Phi) is 6.00. The number of carbonyl (C=O) groups is 2. The quantitative estimate of drug-likeness (QED) is 0.427. The number of hydrazine groups is 1. The van der Waals surface area contributed by atoms with Crippen LogP contribution >= 0.6 is 12.2 Å². The summed E-state index contributed by atoms with van der Waals surface area (Å²) >= 11 is 5.24. The first-order valence-electron chi connectivity index (χ1n) is 11.0. The van der Waals surface area contributed by atoms with Crippen molar-refractivity contribution in [1.82, 2.24) is 16.2 Å². The SMILES string of the molecule is Cc1cccc(NC(=S)NNC(=O)CNC(=O)CC23CC4CC(CC(C4)C2)C3)c1C. The zero-order valence-corrected chi connectivity index (χ0v) is 18.7. The van der Waals surface area contributed by atoms with Crippen molar-refractivity contribution < 1.29 is 9.59 Å². The van der Waals surface area contributed by atoms with Gasteiger partial charge in [0.15, 0.2) is 5.11 Å². The van der Waals surface area contributed by atoms with Crippen LogP contribution < -0.4 is 21.5 Å². The number of thiocarbonyl (C=S) groups is 1. The van der Waals surface area contributed by atoms with E-state index >= 15 is 0 Å². The fraction of sp³-hybridized carbons (Fsp3) is 0.609. The topological polar surface area (TPSA) is 82.3 Å². The molecule has 4 saturated carbocycles. The van der Waals surface area contributed by atoms with Gasteiger partial charge in [-0.2, -0.15) is 0 Å². The number of rotatable bonds is 5. The molecule has 162 valence electrons. The fourth-order valence-electron chi connectivity index (χ4n) is 6.30. The van der Waals surface area contributed by atoms with Gasteiger partial charge in [0.1, 0.15) is 0 Å². The van der Waals surface area contributed by atoms with Crippen molar-refractivity contribution in [2.75, 3.05) is 11.9 Å². The third kappa shape index (κ3) is 4.77.